The van der Waals surface area contributed by atoms with Crippen LogP contribution in [-0.2, 0) is 0 Å². The van der Waals surface area contributed by atoms with E-state index in [2.05, 4.69) is 181 Å². The first kappa shape index (κ1) is 28.4. The highest BCUT2D eigenvalue weighted by Gasteiger charge is 2.20. The molecular formula is C48H29NOS. The second kappa shape index (κ2) is 11.0. The van der Waals surface area contributed by atoms with Gasteiger partial charge >= 0.3 is 0 Å². The average molecular weight is 668 g/mol. The lowest BCUT2D eigenvalue weighted by Gasteiger charge is -2.27. The SMILES string of the molecule is c1ccc2cc3c(cc2c1)oc1c3ccc2sc3cc(N(c4ccc(-c5cccc6ccccc56)cc4)c4cccc5ccccc45)ccc3c21. The van der Waals surface area contributed by atoms with E-state index in [1.807, 2.05) is 11.3 Å². The first-order valence-corrected chi connectivity index (χ1v) is 18.1. The molecular weight excluding hydrogens is 639 g/mol. The number of furan rings is 1. The van der Waals surface area contributed by atoms with Crippen LogP contribution in [0, 0.1) is 0 Å². The fourth-order valence-corrected chi connectivity index (χ4v) is 9.14. The largest absolute Gasteiger partial charge is 0.455 e. The summed E-state index contributed by atoms with van der Waals surface area (Å²) in [4.78, 5) is 2.40. The lowest BCUT2D eigenvalue weighted by Crippen LogP contribution is -2.10. The molecule has 3 heteroatoms. The Hall–Kier alpha value is -6.42. The van der Waals surface area contributed by atoms with Crippen LogP contribution in [-0.4, -0.2) is 0 Å². The van der Waals surface area contributed by atoms with Gasteiger partial charge in [-0.15, -0.1) is 11.3 Å². The summed E-state index contributed by atoms with van der Waals surface area (Å²) in [5.74, 6) is 0. The first-order chi connectivity index (χ1) is 25.3. The van der Waals surface area contributed by atoms with Crippen molar-refractivity contribution in [2.45, 2.75) is 0 Å². The molecule has 0 N–H and O–H groups in total. The van der Waals surface area contributed by atoms with Gasteiger partial charge < -0.3 is 9.32 Å². The molecule has 0 saturated carbocycles. The second-order valence-corrected chi connectivity index (χ2v) is 14.4. The van der Waals surface area contributed by atoms with Crippen LogP contribution < -0.4 is 4.90 Å². The molecule has 2 aromatic heterocycles. The molecule has 11 aromatic rings. The predicted molar refractivity (Wildman–Crippen MR) is 219 cm³/mol. The Bertz CT molecular complexity index is 3140. The van der Waals surface area contributed by atoms with Gasteiger partial charge in [0.05, 0.1) is 5.69 Å². The van der Waals surface area contributed by atoms with E-state index in [1.165, 1.54) is 63.6 Å². The van der Waals surface area contributed by atoms with E-state index in [1.54, 1.807) is 0 Å². The number of anilines is 3. The van der Waals surface area contributed by atoms with Gasteiger partial charge in [0, 0.05) is 47.7 Å². The van der Waals surface area contributed by atoms with Crippen LogP contribution in [0.3, 0.4) is 0 Å². The summed E-state index contributed by atoms with van der Waals surface area (Å²) in [6, 6.07) is 63.8. The van der Waals surface area contributed by atoms with E-state index in [0.717, 1.165) is 39.0 Å². The van der Waals surface area contributed by atoms with Crippen LogP contribution in [0.25, 0.3) is 85.6 Å². The van der Waals surface area contributed by atoms with Gasteiger partial charge in [-0.3, -0.25) is 0 Å². The zero-order valence-corrected chi connectivity index (χ0v) is 28.3. The van der Waals surface area contributed by atoms with Crippen LogP contribution >= 0.6 is 11.3 Å². The number of rotatable bonds is 4. The van der Waals surface area contributed by atoms with Crippen molar-refractivity contribution in [3.8, 4) is 11.1 Å². The summed E-state index contributed by atoms with van der Waals surface area (Å²) in [6.45, 7) is 0. The van der Waals surface area contributed by atoms with Gasteiger partial charge in [-0.05, 0) is 92.7 Å². The van der Waals surface area contributed by atoms with Gasteiger partial charge in [-0.2, -0.15) is 0 Å². The Morgan fingerprint density at radius 2 is 1.06 bits per heavy atom. The molecule has 0 aliphatic heterocycles. The van der Waals surface area contributed by atoms with E-state index in [9.17, 15) is 0 Å². The number of benzene rings is 9. The molecule has 0 spiro atoms. The number of hydrogen-bond donors (Lipinski definition) is 0. The van der Waals surface area contributed by atoms with Crippen LogP contribution in [0.1, 0.15) is 0 Å². The molecule has 9 aromatic carbocycles. The van der Waals surface area contributed by atoms with Crippen molar-refractivity contribution in [1.29, 1.82) is 0 Å². The second-order valence-electron chi connectivity index (χ2n) is 13.3. The topological polar surface area (TPSA) is 16.4 Å². The van der Waals surface area contributed by atoms with Gasteiger partial charge in [-0.1, -0.05) is 121 Å². The summed E-state index contributed by atoms with van der Waals surface area (Å²) in [7, 11) is 0. The van der Waals surface area contributed by atoms with Gasteiger partial charge in [0.25, 0.3) is 0 Å². The minimum atomic E-state index is 0.932. The maximum atomic E-state index is 6.68. The molecule has 0 amide bonds. The van der Waals surface area contributed by atoms with E-state index in [0.29, 0.717) is 0 Å². The third kappa shape index (κ3) is 4.42. The summed E-state index contributed by atoms with van der Waals surface area (Å²) in [6.07, 6.45) is 0. The summed E-state index contributed by atoms with van der Waals surface area (Å²) in [5.41, 5.74) is 7.73. The Balaban J connectivity index is 1.10. The van der Waals surface area contributed by atoms with Crippen molar-refractivity contribution in [2.24, 2.45) is 0 Å². The van der Waals surface area contributed by atoms with E-state index in [4.69, 9.17) is 4.42 Å². The minimum absolute atomic E-state index is 0.932. The molecule has 2 nitrogen and oxygen atoms in total. The molecule has 11 rings (SSSR count). The normalized spacial score (nSPS) is 11.9. The average Bonchev–Trinajstić information content (AvgIpc) is 3.74. The van der Waals surface area contributed by atoms with Crippen LogP contribution in [0.15, 0.2) is 180 Å². The third-order valence-electron chi connectivity index (χ3n) is 10.4. The molecule has 0 saturated heterocycles. The van der Waals surface area contributed by atoms with Crippen LogP contribution in [0.4, 0.5) is 17.1 Å². The highest BCUT2D eigenvalue weighted by atomic mass is 32.1. The molecule has 0 unspecified atom stereocenters. The van der Waals surface area contributed by atoms with Crippen molar-refractivity contribution in [3.63, 3.8) is 0 Å². The molecule has 0 bridgehead atoms. The predicted octanol–water partition coefficient (Wildman–Crippen LogP) is 14.6. The van der Waals surface area contributed by atoms with E-state index < -0.39 is 0 Å². The summed E-state index contributed by atoms with van der Waals surface area (Å²) >= 11 is 1.83. The van der Waals surface area contributed by atoms with Crippen molar-refractivity contribution in [3.05, 3.63) is 176 Å². The van der Waals surface area contributed by atoms with Gasteiger partial charge in [0.15, 0.2) is 0 Å². The maximum Gasteiger partial charge on any atom is 0.144 e. The Kier molecular flexibility index (Phi) is 6.16. The first-order valence-electron chi connectivity index (χ1n) is 17.3. The molecule has 0 fully saturated rings. The molecule has 0 atom stereocenters. The summed E-state index contributed by atoms with van der Waals surface area (Å²) < 4.78 is 9.14. The number of nitrogens with zero attached hydrogens (tertiary/aromatic N) is 1. The van der Waals surface area contributed by atoms with Gasteiger partial charge in [0.2, 0.25) is 0 Å². The molecule has 2 heterocycles. The Labute approximate surface area is 298 Å². The van der Waals surface area contributed by atoms with Crippen molar-refractivity contribution in [2.75, 3.05) is 4.90 Å². The molecule has 51 heavy (non-hydrogen) atoms. The zero-order chi connectivity index (χ0) is 33.5. The molecule has 0 radical (unpaired) electrons. The smallest absolute Gasteiger partial charge is 0.144 e. The van der Waals surface area contributed by atoms with E-state index in [-0.39, 0.29) is 0 Å². The lowest BCUT2D eigenvalue weighted by molar-refractivity contribution is 0.673. The van der Waals surface area contributed by atoms with Gasteiger partial charge in [0.1, 0.15) is 11.2 Å². The molecule has 0 aliphatic rings. The summed E-state index contributed by atoms with van der Waals surface area (Å²) in [5, 5.41) is 12.1. The van der Waals surface area contributed by atoms with Crippen molar-refractivity contribution < 1.29 is 4.42 Å². The standard InChI is InChI=1S/C48H29NOS/c1-2-12-34-28-44-42(27-33(34)11-1)40-25-26-45-47(48(40)50-44)41-24-23-36(29-46(41)51-45)49(43-18-8-14-31-10-4-6-16-39(31)43)35-21-19-32(20-22-35)38-17-7-13-30-9-3-5-15-37(30)38/h1-29H. The minimum Gasteiger partial charge on any atom is -0.455 e. The number of fused-ring (bicyclic) bond motifs is 10. The quantitative estimate of drug-likeness (QED) is 0.186. The van der Waals surface area contributed by atoms with Crippen molar-refractivity contribution >= 4 is 103 Å². The monoisotopic (exact) mass is 667 g/mol. The van der Waals surface area contributed by atoms with Crippen LogP contribution in [0.5, 0.6) is 0 Å². The Morgan fingerprint density at radius 1 is 0.412 bits per heavy atom. The van der Waals surface area contributed by atoms with Crippen molar-refractivity contribution in [1.82, 2.24) is 0 Å². The lowest BCUT2D eigenvalue weighted by atomic mass is 9.98. The van der Waals surface area contributed by atoms with E-state index >= 15 is 0 Å². The fraction of sp³-hybridized carbons (Fsp3) is 0. The van der Waals surface area contributed by atoms with Crippen LogP contribution in [0.2, 0.25) is 0 Å². The molecule has 0 aliphatic carbocycles. The highest BCUT2D eigenvalue weighted by Crippen LogP contribution is 2.46. The molecule has 238 valence electrons. The van der Waals surface area contributed by atoms with Gasteiger partial charge in [-0.25, -0.2) is 0 Å². The maximum absolute atomic E-state index is 6.68. The number of thiophene rings is 1. The number of hydrogen-bond acceptors (Lipinski definition) is 3. The third-order valence-corrected chi connectivity index (χ3v) is 11.5. The zero-order valence-electron chi connectivity index (χ0n) is 27.5. The fourth-order valence-electron chi connectivity index (χ4n) is 8.00. The Morgan fingerprint density at radius 3 is 1.88 bits per heavy atom. The highest BCUT2D eigenvalue weighted by molar-refractivity contribution is 7.26.